The van der Waals surface area contributed by atoms with Gasteiger partial charge in [0, 0.05) is 12.1 Å². The van der Waals surface area contributed by atoms with Crippen LogP contribution in [0.1, 0.15) is 25.6 Å². The van der Waals surface area contributed by atoms with Gasteiger partial charge >= 0.3 is 0 Å². The standard InChI is InChI=1S/C9H12N4/c1-5(2)9-12-6-3-4-11-8(10)7(6)13-9/h3-5H,1-2H3,(H2,10,11)(H,12,13). The molecule has 0 aliphatic heterocycles. The average Bonchev–Trinajstić information content (AvgIpc) is 2.49. The number of rotatable bonds is 1. The van der Waals surface area contributed by atoms with E-state index in [0.717, 1.165) is 16.9 Å². The third-order valence-electron chi connectivity index (χ3n) is 1.99. The summed E-state index contributed by atoms with van der Waals surface area (Å²) in [5.74, 6) is 1.82. The van der Waals surface area contributed by atoms with Gasteiger partial charge in [-0.15, -0.1) is 0 Å². The van der Waals surface area contributed by atoms with E-state index < -0.39 is 0 Å². The molecule has 0 saturated heterocycles. The Bertz CT molecular complexity index is 430. The van der Waals surface area contributed by atoms with Gasteiger partial charge in [0.1, 0.15) is 11.3 Å². The Morgan fingerprint density at radius 3 is 2.85 bits per heavy atom. The summed E-state index contributed by atoms with van der Waals surface area (Å²) in [6.07, 6.45) is 1.68. The molecule has 2 heterocycles. The maximum atomic E-state index is 5.68. The number of nitrogen functional groups attached to an aromatic ring is 1. The Kier molecular flexibility index (Phi) is 1.69. The van der Waals surface area contributed by atoms with Gasteiger partial charge < -0.3 is 10.7 Å². The summed E-state index contributed by atoms with van der Waals surface area (Å²) in [5.41, 5.74) is 7.40. The zero-order chi connectivity index (χ0) is 9.42. The molecule has 4 heteroatoms. The van der Waals surface area contributed by atoms with Crippen LogP contribution < -0.4 is 5.73 Å². The number of aromatic amines is 1. The van der Waals surface area contributed by atoms with Crippen molar-refractivity contribution in [2.45, 2.75) is 19.8 Å². The van der Waals surface area contributed by atoms with Crippen molar-refractivity contribution in [3.8, 4) is 0 Å². The summed E-state index contributed by atoms with van der Waals surface area (Å²) < 4.78 is 0. The minimum absolute atomic E-state index is 0.381. The number of H-pyrrole nitrogens is 1. The van der Waals surface area contributed by atoms with Gasteiger partial charge in [-0.05, 0) is 6.07 Å². The normalized spacial score (nSPS) is 11.3. The highest BCUT2D eigenvalue weighted by atomic mass is 15.0. The number of imidazole rings is 1. The van der Waals surface area contributed by atoms with E-state index in [2.05, 4.69) is 28.8 Å². The fraction of sp³-hybridized carbons (Fsp3) is 0.333. The highest BCUT2D eigenvalue weighted by Gasteiger charge is 2.07. The lowest BCUT2D eigenvalue weighted by Gasteiger charge is -1.95. The molecule has 0 bridgehead atoms. The van der Waals surface area contributed by atoms with Gasteiger partial charge in [0.05, 0.1) is 5.52 Å². The second-order valence-corrected chi connectivity index (χ2v) is 3.37. The first kappa shape index (κ1) is 8.04. The van der Waals surface area contributed by atoms with E-state index in [0.29, 0.717) is 11.7 Å². The monoisotopic (exact) mass is 176 g/mol. The zero-order valence-corrected chi connectivity index (χ0v) is 7.70. The summed E-state index contributed by atoms with van der Waals surface area (Å²) in [6, 6.07) is 1.88. The smallest absolute Gasteiger partial charge is 0.151 e. The molecule has 0 saturated carbocycles. The second kappa shape index (κ2) is 2.73. The predicted octanol–water partition coefficient (Wildman–Crippen LogP) is 1.66. The molecule has 0 fully saturated rings. The lowest BCUT2D eigenvalue weighted by atomic mass is 10.2. The van der Waals surface area contributed by atoms with Crippen LogP contribution in [0.15, 0.2) is 12.3 Å². The van der Waals surface area contributed by atoms with E-state index in [1.807, 2.05) is 6.07 Å². The Hall–Kier alpha value is -1.58. The minimum Gasteiger partial charge on any atom is -0.382 e. The minimum atomic E-state index is 0.381. The first-order valence-electron chi connectivity index (χ1n) is 4.28. The number of nitrogens with zero attached hydrogens (tertiary/aromatic N) is 2. The highest BCUT2D eigenvalue weighted by Crippen LogP contribution is 2.19. The number of nitrogens with two attached hydrogens (primary N) is 1. The zero-order valence-electron chi connectivity index (χ0n) is 7.70. The third-order valence-corrected chi connectivity index (χ3v) is 1.99. The van der Waals surface area contributed by atoms with Gasteiger partial charge in [-0.25, -0.2) is 9.97 Å². The Balaban J connectivity index is 2.68. The molecule has 0 unspecified atom stereocenters. The van der Waals surface area contributed by atoms with Gasteiger partial charge in [-0.1, -0.05) is 13.8 Å². The van der Waals surface area contributed by atoms with Crippen molar-refractivity contribution in [2.24, 2.45) is 0 Å². The number of nitrogens with one attached hydrogen (secondary N) is 1. The number of pyridine rings is 1. The van der Waals surface area contributed by atoms with Crippen molar-refractivity contribution in [3.05, 3.63) is 18.1 Å². The molecule has 4 nitrogen and oxygen atoms in total. The first-order valence-corrected chi connectivity index (χ1v) is 4.28. The molecule has 0 aliphatic rings. The summed E-state index contributed by atoms with van der Waals surface area (Å²) in [6.45, 7) is 4.17. The van der Waals surface area contributed by atoms with Crippen molar-refractivity contribution in [2.75, 3.05) is 5.73 Å². The number of hydrogen-bond donors (Lipinski definition) is 2. The van der Waals surface area contributed by atoms with Crippen molar-refractivity contribution < 1.29 is 0 Å². The van der Waals surface area contributed by atoms with Crippen molar-refractivity contribution in [1.82, 2.24) is 15.0 Å². The molecule has 2 rings (SSSR count). The van der Waals surface area contributed by atoms with Crippen LogP contribution in [0.3, 0.4) is 0 Å². The van der Waals surface area contributed by atoms with Gasteiger partial charge in [-0.2, -0.15) is 0 Å². The fourth-order valence-corrected chi connectivity index (χ4v) is 1.25. The quantitative estimate of drug-likeness (QED) is 0.694. The molecule has 0 amide bonds. The van der Waals surface area contributed by atoms with Crippen molar-refractivity contribution in [3.63, 3.8) is 0 Å². The second-order valence-electron chi connectivity index (χ2n) is 3.37. The Morgan fingerprint density at radius 2 is 2.23 bits per heavy atom. The molecule has 13 heavy (non-hydrogen) atoms. The van der Waals surface area contributed by atoms with Crippen LogP contribution in [0.2, 0.25) is 0 Å². The molecule has 0 aromatic carbocycles. The van der Waals surface area contributed by atoms with E-state index in [4.69, 9.17) is 5.73 Å². The SMILES string of the molecule is CC(C)c1nc2c(N)nccc2[nH]1. The number of aromatic nitrogens is 3. The largest absolute Gasteiger partial charge is 0.382 e. The van der Waals surface area contributed by atoms with Gasteiger partial charge in [-0.3, -0.25) is 0 Å². The van der Waals surface area contributed by atoms with E-state index in [1.54, 1.807) is 6.20 Å². The molecule has 2 aromatic heterocycles. The maximum absolute atomic E-state index is 5.68. The summed E-state index contributed by atoms with van der Waals surface area (Å²) in [4.78, 5) is 11.5. The number of anilines is 1. The molecule has 0 atom stereocenters. The molecular weight excluding hydrogens is 164 g/mol. The summed E-state index contributed by atoms with van der Waals surface area (Å²) in [7, 11) is 0. The molecule has 0 spiro atoms. The van der Waals surface area contributed by atoms with E-state index >= 15 is 0 Å². The van der Waals surface area contributed by atoms with E-state index in [9.17, 15) is 0 Å². The van der Waals surface area contributed by atoms with Crippen LogP contribution in [0.4, 0.5) is 5.82 Å². The van der Waals surface area contributed by atoms with Gasteiger partial charge in [0.25, 0.3) is 0 Å². The predicted molar refractivity (Wildman–Crippen MR) is 52.4 cm³/mol. The van der Waals surface area contributed by atoms with E-state index in [-0.39, 0.29) is 0 Å². The molecule has 2 aromatic rings. The Morgan fingerprint density at radius 1 is 1.46 bits per heavy atom. The van der Waals surface area contributed by atoms with E-state index in [1.165, 1.54) is 0 Å². The maximum Gasteiger partial charge on any atom is 0.151 e. The molecule has 3 N–H and O–H groups in total. The topological polar surface area (TPSA) is 67.6 Å². The van der Waals surface area contributed by atoms with Gasteiger partial charge in [0.15, 0.2) is 5.82 Å². The molecular formula is C9H12N4. The summed E-state index contributed by atoms with van der Waals surface area (Å²) in [5, 5.41) is 0. The lowest BCUT2D eigenvalue weighted by molar-refractivity contribution is 0.799. The summed E-state index contributed by atoms with van der Waals surface area (Å²) >= 11 is 0. The lowest BCUT2D eigenvalue weighted by Crippen LogP contribution is -1.91. The van der Waals surface area contributed by atoms with Crippen molar-refractivity contribution >= 4 is 16.9 Å². The number of hydrogen-bond acceptors (Lipinski definition) is 3. The van der Waals surface area contributed by atoms with Crippen LogP contribution in [0.5, 0.6) is 0 Å². The van der Waals surface area contributed by atoms with Crippen molar-refractivity contribution in [1.29, 1.82) is 0 Å². The first-order chi connectivity index (χ1) is 6.18. The van der Waals surface area contributed by atoms with Gasteiger partial charge in [0.2, 0.25) is 0 Å². The Labute approximate surface area is 76.2 Å². The van der Waals surface area contributed by atoms with Crippen LogP contribution in [0, 0.1) is 0 Å². The molecule has 0 aliphatic carbocycles. The number of fused-ring (bicyclic) bond motifs is 1. The third kappa shape index (κ3) is 1.24. The van der Waals surface area contributed by atoms with Crippen LogP contribution in [-0.2, 0) is 0 Å². The van der Waals surface area contributed by atoms with Crippen LogP contribution in [0.25, 0.3) is 11.0 Å². The highest BCUT2D eigenvalue weighted by molar-refractivity contribution is 5.84. The van der Waals surface area contributed by atoms with Crippen LogP contribution in [-0.4, -0.2) is 15.0 Å². The average molecular weight is 176 g/mol. The fourth-order valence-electron chi connectivity index (χ4n) is 1.25. The molecule has 0 radical (unpaired) electrons. The van der Waals surface area contributed by atoms with Crippen LogP contribution >= 0.6 is 0 Å². The molecule has 68 valence electrons.